The van der Waals surface area contributed by atoms with Crippen LogP contribution in [0, 0.1) is 5.41 Å². The van der Waals surface area contributed by atoms with E-state index in [1.807, 2.05) is 0 Å². The Hall–Kier alpha value is -1.41. The van der Waals surface area contributed by atoms with Crippen molar-refractivity contribution in [1.29, 1.82) is 0 Å². The molecule has 2 heteroatoms. The van der Waals surface area contributed by atoms with Gasteiger partial charge in [-0.05, 0) is 68.4 Å². The molecule has 2 nitrogen and oxygen atoms in total. The van der Waals surface area contributed by atoms with E-state index in [-0.39, 0.29) is 0 Å². The monoisotopic (exact) mass is 266 g/mol. The third-order valence-electron chi connectivity index (χ3n) is 5.36. The van der Waals surface area contributed by atoms with Crippen molar-refractivity contribution in [1.82, 2.24) is 9.88 Å². The molecule has 20 heavy (non-hydrogen) atoms. The summed E-state index contributed by atoms with van der Waals surface area (Å²) in [5.74, 6) is 0. The molecule has 0 saturated carbocycles. The van der Waals surface area contributed by atoms with E-state index in [0.717, 1.165) is 5.52 Å². The average Bonchev–Trinajstić information content (AvgIpc) is 2.82. The fourth-order valence-electron chi connectivity index (χ4n) is 4.02. The van der Waals surface area contributed by atoms with Crippen LogP contribution in [0.15, 0.2) is 30.3 Å². The lowest BCUT2D eigenvalue weighted by Crippen LogP contribution is -2.40. The van der Waals surface area contributed by atoms with Crippen LogP contribution in [0.5, 0.6) is 0 Å². The van der Waals surface area contributed by atoms with Crippen LogP contribution in [0.2, 0.25) is 0 Å². The minimum atomic E-state index is 0.512. The van der Waals surface area contributed by atoms with Gasteiger partial charge in [0, 0.05) is 11.1 Å². The molecule has 1 aromatic heterocycles. The summed E-state index contributed by atoms with van der Waals surface area (Å²) in [5, 5.41) is 1.30. The maximum atomic E-state index is 4.93. The lowest BCUT2D eigenvalue weighted by molar-refractivity contribution is 0.115. The number of fused-ring (bicyclic) bond motifs is 2. The second-order valence-electron chi connectivity index (χ2n) is 6.57. The van der Waals surface area contributed by atoms with Crippen LogP contribution in [-0.2, 0) is 12.8 Å². The van der Waals surface area contributed by atoms with E-state index in [1.165, 1.54) is 62.0 Å². The van der Waals surface area contributed by atoms with Gasteiger partial charge in [0.05, 0.1) is 5.52 Å². The fraction of sp³-hybridized carbons (Fsp3) is 0.500. The van der Waals surface area contributed by atoms with Crippen LogP contribution in [0.1, 0.15) is 31.0 Å². The van der Waals surface area contributed by atoms with Crippen molar-refractivity contribution in [3.05, 3.63) is 41.6 Å². The summed E-state index contributed by atoms with van der Waals surface area (Å²) in [5.41, 5.74) is 4.55. The molecule has 0 amide bonds. The SMILES string of the molecule is CCN1CCC2(CC1)Cc1cc3ccccc3nc1C2. The molecule has 0 unspecified atom stereocenters. The molecule has 104 valence electrons. The Morgan fingerprint density at radius 1 is 1.15 bits per heavy atom. The molecular weight excluding hydrogens is 244 g/mol. The van der Waals surface area contributed by atoms with Gasteiger partial charge in [0.25, 0.3) is 0 Å². The van der Waals surface area contributed by atoms with Gasteiger partial charge in [0.1, 0.15) is 0 Å². The number of rotatable bonds is 1. The van der Waals surface area contributed by atoms with E-state index in [2.05, 4.69) is 42.2 Å². The quantitative estimate of drug-likeness (QED) is 0.786. The Morgan fingerprint density at radius 2 is 1.95 bits per heavy atom. The Kier molecular flexibility index (Phi) is 2.81. The zero-order valence-corrected chi connectivity index (χ0v) is 12.2. The number of benzene rings is 1. The molecule has 1 aromatic carbocycles. The molecule has 4 rings (SSSR count). The van der Waals surface area contributed by atoms with Crippen molar-refractivity contribution in [3.63, 3.8) is 0 Å². The van der Waals surface area contributed by atoms with Crippen LogP contribution in [0.4, 0.5) is 0 Å². The highest BCUT2D eigenvalue weighted by Gasteiger charge is 2.40. The largest absolute Gasteiger partial charge is 0.304 e. The molecule has 1 fully saturated rings. The third kappa shape index (κ3) is 1.94. The summed E-state index contributed by atoms with van der Waals surface area (Å²) in [6, 6.07) is 10.9. The number of likely N-dealkylation sites (tertiary alicyclic amines) is 1. The summed E-state index contributed by atoms with van der Waals surface area (Å²) < 4.78 is 0. The van der Waals surface area contributed by atoms with Gasteiger partial charge in [0.15, 0.2) is 0 Å². The molecular formula is C18H22N2. The molecule has 2 heterocycles. The zero-order chi connectivity index (χ0) is 13.6. The van der Waals surface area contributed by atoms with E-state index in [9.17, 15) is 0 Å². The molecule has 2 aromatic rings. The lowest BCUT2D eigenvalue weighted by atomic mass is 9.76. The number of para-hydroxylation sites is 1. The summed E-state index contributed by atoms with van der Waals surface area (Å²) in [7, 11) is 0. The first kappa shape index (κ1) is 12.3. The minimum Gasteiger partial charge on any atom is -0.304 e. The topological polar surface area (TPSA) is 16.1 Å². The highest BCUT2D eigenvalue weighted by Crippen LogP contribution is 2.44. The van der Waals surface area contributed by atoms with Gasteiger partial charge >= 0.3 is 0 Å². The van der Waals surface area contributed by atoms with E-state index >= 15 is 0 Å². The predicted molar refractivity (Wildman–Crippen MR) is 82.9 cm³/mol. The molecule has 0 radical (unpaired) electrons. The smallest absolute Gasteiger partial charge is 0.0705 e. The molecule has 0 N–H and O–H groups in total. The van der Waals surface area contributed by atoms with E-state index in [1.54, 1.807) is 0 Å². The summed E-state index contributed by atoms with van der Waals surface area (Å²) in [4.78, 5) is 7.51. The van der Waals surface area contributed by atoms with E-state index in [0.29, 0.717) is 5.41 Å². The average molecular weight is 266 g/mol. The Morgan fingerprint density at radius 3 is 2.75 bits per heavy atom. The Bertz CT molecular complexity index is 592. The minimum absolute atomic E-state index is 0.512. The first-order chi connectivity index (χ1) is 9.78. The standard InChI is InChI=1S/C18H22N2/c1-2-20-9-7-18(8-10-20)12-15-11-14-5-3-4-6-16(14)19-17(15)13-18/h3-6,11H,2,7-10,12-13H2,1H3. The van der Waals surface area contributed by atoms with Gasteiger partial charge in [0.2, 0.25) is 0 Å². The highest BCUT2D eigenvalue weighted by molar-refractivity contribution is 5.79. The zero-order valence-electron chi connectivity index (χ0n) is 12.2. The normalized spacial score (nSPS) is 21.4. The van der Waals surface area contributed by atoms with Gasteiger partial charge in [-0.3, -0.25) is 4.98 Å². The van der Waals surface area contributed by atoms with Crippen LogP contribution in [0.3, 0.4) is 0 Å². The van der Waals surface area contributed by atoms with E-state index < -0.39 is 0 Å². The van der Waals surface area contributed by atoms with Crippen molar-refractivity contribution < 1.29 is 0 Å². The first-order valence-electron chi connectivity index (χ1n) is 7.88. The van der Waals surface area contributed by atoms with E-state index in [4.69, 9.17) is 4.98 Å². The molecule has 1 aliphatic carbocycles. The molecule has 0 bridgehead atoms. The van der Waals surface area contributed by atoms with Gasteiger partial charge in [-0.2, -0.15) is 0 Å². The molecule has 1 spiro atoms. The van der Waals surface area contributed by atoms with Crippen molar-refractivity contribution in [2.45, 2.75) is 32.6 Å². The number of pyridine rings is 1. The van der Waals surface area contributed by atoms with Crippen molar-refractivity contribution >= 4 is 10.9 Å². The summed E-state index contributed by atoms with van der Waals surface area (Å²) >= 11 is 0. The summed E-state index contributed by atoms with van der Waals surface area (Å²) in [6.07, 6.45) is 5.13. The fourth-order valence-corrected chi connectivity index (χ4v) is 4.02. The van der Waals surface area contributed by atoms with Gasteiger partial charge in [-0.1, -0.05) is 25.1 Å². The number of piperidine rings is 1. The van der Waals surface area contributed by atoms with Gasteiger partial charge in [-0.15, -0.1) is 0 Å². The molecule has 1 saturated heterocycles. The third-order valence-corrected chi connectivity index (χ3v) is 5.36. The molecule has 0 atom stereocenters. The second kappa shape index (κ2) is 4.56. The maximum absolute atomic E-state index is 4.93. The van der Waals surface area contributed by atoms with Crippen LogP contribution in [0.25, 0.3) is 10.9 Å². The molecule has 2 aliphatic rings. The van der Waals surface area contributed by atoms with Crippen LogP contribution in [-0.4, -0.2) is 29.5 Å². The Labute approximate surface area is 120 Å². The van der Waals surface area contributed by atoms with Crippen molar-refractivity contribution in [2.24, 2.45) is 5.41 Å². The molecule has 1 aliphatic heterocycles. The highest BCUT2D eigenvalue weighted by atomic mass is 15.1. The number of hydrogen-bond acceptors (Lipinski definition) is 2. The van der Waals surface area contributed by atoms with Gasteiger partial charge in [-0.25, -0.2) is 0 Å². The second-order valence-corrected chi connectivity index (χ2v) is 6.57. The van der Waals surface area contributed by atoms with Crippen molar-refractivity contribution in [3.8, 4) is 0 Å². The predicted octanol–water partition coefficient (Wildman–Crippen LogP) is 3.44. The first-order valence-corrected chi connectivity index (χ1v) is 7.88. The van der Waals surface area contributed by atoms with Crippen molar-refractivity contribution in [2.75, 3.05) is 19.6 Å². The number of nitrogens with zero attached hydrogens (tertiary/aromatic N) is 2. The lowest BCUT2D eigenvalue weighted by Gasteiger charge is -2.38. The Balaban J connectivity index is 1.65. The number of aromatic nitrogens is 1. The van der Waals surface area contributed by atoms with Gasteiger partial charge < -0.3 is 4.90 Å². The van der Waals surface area contributed by atoms with Crippen LogP contribution >= 0.6 is 0 Å². The summed E-state index contributed by atoms with van der Waals surface area (Å²) in [6.45, 7) is 6.01. The van der Waals surface area contributed by atoms with Crippen LogP contribution < -0.4 is 0 Å². The maximum Gasteiger partial charge on any atom is 0.0705 e. The number of hydrogen-bond donors (Lipinski definition) is 0.